The quantitative estimate of drug-likeness (QED) is 0.177. The number of nitrogens with two attached hydrogens (primary N) is 1. The van der Waals surface area contributed by atoms with E-state index >= 15 is 0 Å². The lowest BCUT2D eigenvalue weighted by atomic mass is 10.1. The summed E-state index contributed by atoms with van der Waals surface area (Å²) in [7, 11) is 1.35. The Morgan fingerprint density at radius 1 is 1.21 bits per heavy atom. The van der Waals surface area contributed by atoms with E-state index in [1.807, 2.05) is 0 Å². The third kappa shape index (κ3) is 5.80. The number of nitro benzene ring substituents is 1. The van der Waals surface area contributed by atoms with E-state index < -0.39 is 23.4 Å². The third-order valence-corrected chi connectivity index (χ3v) is 3.51. The van der Waals surface area contributed by atoms with Crippen molar-refractivity contribution in [2.24, 2.45) is 5.73 Å². The highest BCUT2D eigenvalue weighted by atomic mass is 16.6. The zero-order chi connectivity index (χ0) is 21.4. The average molecular weight is 397 g/mol. The van der Waals surface area contributed by atoms with Crippen LogP contribution < -0.4 is 19.9 Å². The van der Waals surface area contributed by atoms with Crippen molar-refractivity contribution in [1.82, 2.24) is 0 Å². The molecule has 1 amide bonds. The maximum absolute atomic E-state index is 12.0. The smallest absolute Gasteiger partial charge is 0.349 e. The SMILES string of the molecule is COc1cc(/C=C(\C#N)C(N)=O)ccc1OC(=O)COc1ccc([N+](=O)[O-])cc1. The highest BCUT2D eigenvalue weighted by Gasteiger charge is 2.13. The molecule has 0 heterocycles. The molecule has 0 aliphatic rings. The second-order valence-electron chi connectivity index (χ2n) is 5.46. The summed E-state index contributed by atoms with van der Waals surface area (Å²) in [6, 6.07) is 11.3. The predicted molar refractivity (Wildman–Crippen MR) is 100 cm³/mol. The van der Waals surface area contributed by atoms with Gasteiger partial charge in [-0.15, -0.1) is 0 Å². The van der Waals surface area contributed by atoms with Crippen molar-refractivity contribution in [2.45, 2.75) is 0 Å². The summed E-state index contributed by atoms with van der Waals surface area (Å²) in [5.41, 5.74) is 5.19. The normalized spacial score (nSPS) is 10.6. The first kappa shape index (κ1) is 20.9. The number of amides is 1. The highest BCUT2D eigenvalue weighted by Crippen LogP contribution is 2.29. The molecule has 0 fully saturated rings. The molecule has 148 valence electrons. The van der Waals surface area contributed by atoms with Crippen LogP contribution in [0.2, 0.25) is 0 Å². The van der Waals surface area contributed by atoms with Crippen molar-refractivity contribution >= 4 is 23.6 Å². The number of carbonyl (C=O) groups excluding carboxylic acids is 2. The Morgan fingerprint density at radius 3 is 2.45 bits per heavy atom. The molecule has 2 aromatic rings. The largest absolute Gasteiger partial charge is 0.493 e. The number of esters is 1. The van der Waals surface area contributed by atoms with Crippen LogP contribution in [-0.2, 0) is 9.59 Å². The summed E-state index contributed by atoms with van der Waals surface area (Å²) in [4.78, 5) is 33.2. The molecule has 2 N–H and O–H groups in total. The van der Waals surface area contributed by atoms with E-state index in [1.54, 1.807) is 6.07 Å². The number of nitrogens with zero attached hydrogens (tertiary/aromatic N) is 2. The van der Waals surface area contributed by atoms with E-state index in [9.17, 15) is 19.7 Å². The predicted octanol–water partition coefficient (Wildman–Crippen LogP) is 1.98. The number of primary amides is 1. The molecular weight excluding hydrogens is 382 g/mol. The van der Waals surface area contributed by atoms with Gasteiger partial charge in [-0.05, 0) is 35.9 Å². The van der Waals surface area contributed by atoms with Gasteiger partial charge in [0.05, 0.1) is 12.0 Å². The Balaban J connectivity index is 2.05. The number of methoxy groups -OCH3 is 1. The second kappa shape index (κ2) is 9.52. The highest BCUT2D eigenvalue weighted by molar-refractivity contribution is 6.00. The first-order valence-corrected chi connectivity index (χ1v) is 8.01. The van der Waals surface area contributed by atoms with E-state index in [1.165, 1.54) is 55.7 Å². The van der Waals surface area contributed by atoms with Crippen molar-refractivity contribution in [1.29, 1.82) is 5.26 Å². The molecule has 0 saturated carbocycles. The number of nitro groups is 1. The van der Waals surface area contributed by atoms with Crippen LogP contribution in [0.15, 0.2) is 48.0 Å². The monoisotopic (exact) mass is 397 g/mol. The van der Waals surface area contributed by atoms with Crippen LogP contribution in [0.4, 0.5) is 5.69 Å². The zero-order valence-electron chi connectivity index (χ0n) is 15.2. The third-order valence-electron chi connectivity index (χ3n) is 3.51. The molecule has 0 aliphatic heterocycles. The molecule has 0 saturated heterocycles. The first-order chi connectivity index (χ1) is 13.8. The number of ether oxygens (including phenoxy) is 3. The fraction of sp³-hybridized carbons (Fsp3) is 0.105. The number of non-ortho nitro benzene ring substituents is 1. The van der Waals surface area contributed by atoms with E-state index in [0.29, 0.717) is 5.56 Å². The van der Waals surface area contributed by atoms with Crippen molar-refractivity contribution in [2.75, 3.05) is 13.7 Å². The number of benzene rings is 2. The molecule has 10 heteroatoms. The Kier molecular flexibility index (Phi) is 6.86. The van der Waals surface area contributed by atoms with Gasteiger partial charge < -0.3 is 19.9 Å². The van der Waals surface area contributed by atoms with Gasteiger partial charge in [0.2, 0.25) is 0 Å². The zero-order valence-corrected chi connectivity index (χ0v) is 15.2. The topological polar surface area (TPSA) is 155 Å². The number of nitriles is 1. The second-order valence-corrected chi connectivity index (χ2v) is 5.46. The van der Waals surface area contributed by atoms with Crippen molar-refractivity contribution in [3.8, 4) is 23.3 Å². The maximum atomic E-state index is 12.0. The van der Waals surface area contributed by atoms with Gasteiger partial charge in [-0.1, -0.05) is 6.07 Å². The molecule has 29 heavy (non-hydrogen) atoms. The Labute approximate surface area is 164 Å². The van der Waals surface area contributed by atoms with Gasteiger partial charge in [0.25, 0.3) is 11.6 Å². The van der Waals surface area contributed by atoms with Crippen LogP contribution in [0, 0.1) is 21.4 Å². The molecule has 0 aromatic heterocycles. The van der Waals surface area contributed by atoms with Gasteiger partial charge in [-0.3, -0.25) is 14.9 Å². The van der Waals surface area contributed by atoms with Crippen LogP contribution in [0.5, 0.6) is 17.2 Å². The van der Waals surface area contributed by atoms with Gasteiger partial charge in [-0.2, -0.15) is 5.26 Å². The summed E-state index contributed by atoms with van der Waals surface area (Å²) in [5.74, 6) is -1.07. The van der Waals surface area contributed by atoms with Gasteiger partial charge in [0, 0.05) is 12.1 Å². The standard InChI is InChI=1S/C19H15N3O7/c1-27-17-9-12(8-13(10-20)19(21)24)2-7-16(17)29-18(23)11-28-15-5-3-14(4-6-15)22(25)26/h2-9H,11H2,1H3,(H2,21,24)/b13-8+. The van der Waals surface area contributed by atoms with Gasteiger partial charge >= 0.3 is 5.97 Å². The lowest BCUT2D eigenvalue weighted by Crippen LogP contribution is -2.18. The molecular formula is C19H15N3O7. The lowest BCUT2D eigenvalue weighted by Gasteiger charge is -2.11. The Bertz CT molecular complexity index is 1010. The van der Waals surface area contributed by atoms with E-state index in [4.69, 9.17) is 25.2 Å². The molecule has 0 aliphatic carbocycles. The minimum absolute atomic E-state index is 0.0968. The van der Waals surface area contributed by atoms with Gasteiger partial charge in [-0.25, -0.2) is 4.79 Å². The summed E-state index contributed by atoms with van der Waals surface area (Å²) in [6.45, 7) is -0.442. The lowest BCUT2D eigenvalue weighted by molar-refractivity contribution is -0.384. The van der Waals surface area contributed by atoms with Crippen LogP contribution >= 0.6 is 0 Å². The van der Waals surface area contributed by atoms with Crippen molar-refractivity contribution in [3.63, 3.8) is 0 Å². The maximum Gasteiger partial charge on any atom is 0.349 e. The molecule has 2 rings (SSSR count). The number of hydrogen-bond acceptors (Lipinski definition) is 8. The molecule has 0 atom stereocenters. The fourth-order valence-electron chi connectivity index (χ4n) is 2.14. The number of rotatable bonds is 8. The van der Waals surface area contributed by atoms with Crippen LogP contribution in [-0.4, -0.2) is 30.5 Å². The Hall–Kier alpha value is -4.39. The molecule has 0 bridgehead atoms. The van der Waals surface area contributed by atoms with E-state index in [0.717, 1.165) is 0 Å². The summed E-state index contributed by atoms with van der Waals surface area (Å²) in [6.07, 6.45) is 1.27. The van der Waals surface area contributed by atoms with E-state index in [-0.39, 0.29) is 28.5 Å². The van der Waals surface area contributed by atoms with E-state index in [2.05, 4.69) is 0 Å². The summed E-state index contributed by atoms with van der Waals surface area (Å²) in [5, 5.41) is 19.5. The van der Waals surface area contributed by atoms with Crippen LogP contribution in [0.1, 0.15) is 5.56 Å². The molecule has 0 unspecified atom stereocenters. The molecule has 10 nitrogen and oxygen atoms in total. The van der Waals surface area contributed by atoms with Crippen LogP contribution in [0.3, 0.4) is 0 Å². The fourth-order valence-corrected chi connectivity index (χ4v) is 2.14. The summed E-state index contributed by atoms with van der Waals surface area (Å²) < 4.78 is 15.6. The van der Waals surface area contributed by atoms with Gasteiger partial charge in [0.1, 0.15) is 17.4 Å². The van der Waals surface area contributed by atoms with Crippen molar-refractivity contribution in [3.05, 3.63) is 63.7 Å². The van der Waals surface area contributed by atoms with Crippen molar-refractivity contribution < 1.29 is 28.7 Å². The number of carbonyl (C=O) groups is 2. The summed E-state index contributed by atoms with van der Waals surface area (Å²) >= 11 is 0. The average Bonchev–Trinajstić information content (AvgIpc) is 2.71. The Morgan fingerprint density at radius 2 is 1.90 bits per heavy atom. The minimum Gasteiger partial charge on any atom is -0.493 e. The minimum atomic E-state index is -0.870. The number of hydrogen-bond donors (Lipinski definition) is 1. The van der Waals surface area contributed by atoms with Crippen LogP contribution in [0.25, 0.3) is 6.08 Å². The molecule has 2 aromatic carbocycles. The molecule has 0 spiro atoms. The van der Waals surface area contributed by atoms with Gasteiger partial charge in [0.15, 0.2) is 18.1 Å². The first-order valence-electron chi connectivity index (χ1n) is 8.01. The molecule has 0 radical (unpaired) electrons.